The van der Waals surface area contributed by atoms with Crippen molar-refractivity contribution < 1.29 is 0 Å². The first-order valence-electron chi connectivity index (χ1n) is 10.7. The van der Waals surface area contributed by atoms with E-state index in [4.69, 9.17) is 0 Å². The average Bonchev–Trinajstić information content (AvgIpc) is 2.67. The van der Waals surface area contributed by atoms with E-state index in [-0.39, 0.29) is 7.92 Å². The van der Waals surface area contributed by atoms with Gasteiger partial charge in [-0.05, 0) is 44.0 Å². The SMILES string of the molecule is C[P+](C)(C)CCCCCCCCCCP(c1ccccc1)c1ccccc1. The summed E-state index contributed by atoms with van der Waals surface area (Å²) in [4.78, 5) is 0. The molecule has 0 unspecified atom stereocenters. The van der Waals surface area contributed by atoms with Crippen molar-refractivity contribution in [3.63, 3.8) is 0 Å². The van der Waals surface area contributed by atoms with Crippen molar-refractivity contribution in [2.45, 2.75) is 51.4 Å². The Morgan fingerprint density at radius 1 is 0.556 bits per heavy atom. The molecule has 0 N–H and O–H groups in total. The molecule has 2 aromatic rings. The topological polar surface area (TPSA) is 0 Å². The molecule has 0 aliphatic heterocycles. The number of benzene rings is 2. The summed E-state index contributed by atoms with van der Waals surface area (Å²) in [5.74, 6) is 0. The first kappa shape index (κ1) is 22.6. The molecule has 2 heteroatoms. The maximum Gasteiger partial charge on any atom is 0.0586 e. The number of hydrogen-bond acceptors (Lipinski definition) is 0. The van der Waals surface area contributed by atoms with Crippen LogP contribution >= 0.6 is 15.2 Å². The predicted octanol–water partition coefficient (Wildman–Crippen LogP) is 7.15. The van der Waals surface area contributed by atoms with Crippen molar-refractivity contribution in [1.29, 1.82) is 0 Å². The molecule has 0 radical (unpaired) electrons. The Morgan fingerprint density at radius 3 is 1.41 bits per heavy atom. The Bertz CT molecular complexity index is 562. The van der Waals surface area contributed by atoms with Gasteiger partial charge in [0.25, 0.3) is 0 Å². The molecule has 2 aromatic carbocycles. The van der Waals surface area contributed by atoms with Gasteiger partial charge in [-0.3, -0.25) is 0 Å². The fourth-order valence-corrected chi connectivity index (χ4v) is 7.13. The molecule has 0 aromatic heterocycles. The largest absolute Gasteiger partial charge is 0.0622 e. The fourth-order valence-electron chi connectivity index (χ4n) is 3.54. The van der Waals surface area contributed by atoms with E-state index < -0.39 is 7.26 Å². The van der Waals surface area contributed by atoms with E-state index in [2.05, 4.69) is 80.7 Å². The molecule has 0 fully saturated rings. The van der Waals surface area contributed by atoms with Crippen molar-refractivity contribution in [3.8, 4) is 0 Å². The molecule has 0 atom stereocenters. The predicted molar refractivity (Wildman–Crippen MR) is 130 cm³/mol. The summed E-state index contributed by atoms with van der Waals surface area (Å²) in [7, 11) is -0.736. The second-order valence-electron chi connectivity index (χ2n) is 8.67. The van der Waals surface area contributed by atoms with Crippen LogP contribution in [-0.4, -0.2) is 32.3 Å². The highest BCUT2D eigenvalue weighted by molar-refractivity contribution is 7.73. The standard InChI is InChI=1S/C25H39P2/c1-27(2,3)23-17-9-7-5-4-6-8-16-22-26(24-18-12-10-13-19-24)25-20-14-11-15-21-25/h10-15,18-21H,4-9,16-17,22-23H2,1-3H3/q+1. The van der Waals surface area contributed by atoms with E-state index in [1.165, 1.54) is 74.3 Å². The fraction of sp³-hybridized carbons (Fsp3) is 0.520. The minimum absolute atomic E-state index is 0.192. The van der Waals surface area contributed by atoms with Gasteiger partial charge in [-0.15, -0.1) is 0 Å². The molecule has 0 amide bonds. The first-order chi connectivity index (χ1) is 13.1. The van der Waals surface area contributed by atoms with Crippen molar-refractivity contribution in [1.82, 2.24) is 0 Å². The Balaban J connectivity index is 1.64. The Kier molecular flexibility index (Phi) is 10.6. The smallest absolute Gasteiger partial charge is 0.0586 e. The quantitative estimate of drug-likeness (QED) is 0.247. The van der Waals surface area contributed by atoms with Gasteiger partial charge in [0.1, 0.15) is 0 Å². The summed E-state index contributed by atoms with van der Waals surface area (Å²) >= 11 is 0. The average molecular weight is 402 g/mol. The van der Waals surface area contributed by atoms with E-state index in [1.54, 1.807) is 0 Å². The van der Waals surface area contributed by atoms with E-state index in [0.29, 0.717) is 0 Å². The van der Waals surface area contributed by atoms with Crippen molar-refractivity contribution in [2.75, 3.05) is 32.3 Å². The van der Waals surface area contributed by atoms with E-state index in [1.807, 2.05) is 0 Å². The normalized spacial score (nSPS) is 11.9. The molecule has 0 nitrogen and oxygen atoms in total. The molecule has 0 aliphatic carbocycles. The number of rotatable bonds is 13. The van der Waals surface area contributed by atoms with Crippen LogP contribution in [0, 0.1) is 0 Å². The van der Waals surface area contributed by atoms with Crippen LogP contribution in [-0.2, 0) is 0 Å². The van der Waals surface area contributed by atoms with Crippen LogP contribution in [0.5, 0.6) is 0 Å². The molecule has 0 saturated heterocycles. The molecule has 0 heterocycles. The van der Waals surface area contributed by atoms with Gasteiger partial charge in [0, 0.05) is 27.3 Å². The van der Waals surface area contributed by atoms with Gasteiger partial charge in [-0.1, -0.05) is 92.8 Å². The molecular formula is C25H39P2+. The van der Waals surface area contributed by atoms with E-state index in [0.717, 1.165) is 0 Å². The zero-order valence-electron chi connectivity index (χ0n) is 17.7. The lowest BCUT2D eigenvalue weighted by molar-refractivity contribution is 0.587. The Labute approximate surface area is 170 Å². The lowest BCUT2D eigenvalue weighted by atomic mass is 10.1. The summed E-state index contributed by atoms with van der Waals surface area (Å²) in [6.07, 6.45) is 14.2. The van der Waals surface area contributed by atoms with Gasteiger partial charge < -0.3 is 0 Å². The van der Waals surface area contributed by atoms with Crippen LogP contribution in [0.3, 0.4) is 0 Å². The summed E-state index contributed by atoms with van der Waals surface area (Å²) in [5, 5.41) is 3.06. The highest BCUT2D eigenvalue weighted by Crippen LogP contribution is 2.47. The van der Waals surface area contributed by atoms with E-state index >= 15 is 0 Å². The van der Waals surface area contributed by atoms with Gasteiger partial charge >= 0.3 is 0 Å². The third kappa shape index (κ3) is 9.87. The van der Waals surface area contributed by atoms with Crippen LogP contribution in [0.2, 0.25) is 0 Å². The first-order valence-corrected chi connectivity index (χ1v) is 15.6. The highest BCUT2D eigenvalue weighted by Gasteiger charge is 2.15. The van der Waals surface area contributed by atoms with Gasteiger partial charge in [-0.2, -0.15) is 0 Å². The Morgan fingerprint density at radius 2 is 0.963 bits per heavy atom. The monoisotopic (exact) mass is 401 g/mol. The van der Waals surface area contributed by atoms with Crippen molar-refractivity contribution in [2.24, 2.45) is 0 Å². The molecule has 0 saturated carbocycles. The lowest BCUT2D eigenvalue weighted by Crippen LogP contribution is -2.13. The van der Waals surface area contributed by atoms with E-state index in [9.17, 15) is 0 Å². The second kappa shape index (κ2) is 12.7. The van der Waals surface area contributed by atoms with Crippen LogP contribution in [0.25, 0.3) is 0 Å². The second-order valence-corrected chi connectivity index (χ2v) is 16.0. The summed E-state index contributed by atoms with van der Waals surface area (Å²) in [5.41, 5.74) is 0. The lowest BCUT2D eigenvalue weighted by Gasteiger charge is -2.18. The molecule has 0 spiro atoms. The third-order valence-corrected chi connectivity index (χ3v) is 9.36. The number of unbranched alkanes of at least 4 members (excludes halogenated alkanes) is 7. The zero-order chi connectivity index (χ0) is 19.4. The minimum atomic E-state index is -0.545. The minimum Gasteiger partial charge on any atom is -0.0622 e. The molecule has 0 aliphatic rings. The van der Waals surface area contributed by atoms with Crippen LogP contribution < -0.4 is 10.6 Å². The van der Waals surface area contributed by atoms with Crippen LogP contribution in [0.1, 0.15) is 51.4 Å². The maximum atomic E-state index is 2.46. The molecule has 27 heavy (non-hydrogen) atoms. The number of hydrogen-bond donors (Lipinski definition) is 0. The summed E-state index contributed by atoms with van der Waals surface area (Å²) in [6, 6.07) is 22.3. The van der Waals surface area contributed by atoms with Gasteiger partial charge in [0.2, 0.25) is 0 Å². The maximum absolute atomic E-state index is 2.46. The van der Waals surface area contributed by atoms with Gasteiger partial charge in [-0.25, -0.2) is 0 Å². The van der Waals surface area contributed by atoms with Crippen LogP contribution in [0.4, 0.5) is 0 Å². The molecule has 2 rings (SSSR count). The Hall–Kier alpha value is -0.700. The summed E-state index contributed by atoms with van der Waals surface area (Å²) < 4.78 is 0. The molecule has 148 valence electrons. The van der Waals surface area contributed by atoms with Gasteiger partial charge in [0.05, 0.1) is 6.16 Å². The molecular weight excluding hydrogens is 362 g/mol. The van der Waals surface area contributed by atoms with Crippen molar-refractivity contribution in [3.05, 3.63) is 60.7 Å². The van der Waals surface area contributed by atoms with Gasteiger partial charge in [0.15, 0.2) is 0 Å². The van der Waals surface area contributed by atoms with Crippen LogP contribution in [0.15, 0.2) is 60.7 Å². The summed E-state index contributed by atoms with van der Waals surface area (Å²) in [6.45, 7) is 7.39. The van der Waals surface area contributed by atoms with Crippen molar-refractivity contribution >= 4 is 25.8 Å². The molecule has 0 bridgehead atoms. The highest BCUT2D eigenvalue weighted by atomic mass is 31.2. The third-order valence-electron chi connectivity index (χ3n) is 5.10. The zero-order valence-corrected chi connectivity index (χ0v) is 19.5.